The normalized spacial score (nSPS) is 12.6. The van der Waals surface area contributed by atoms with E-state index >= 15 is 0 Å². The van der Waals surface area contributed by atoms with Crippen LogP contribution in [0.2, 0.25) is 0 Å². The van der Waals surface area contributed by atoms with E-state index < -0.39 is 0 Å². The van der Waals surface area contributed by atoms with E-state index in [1.165, 1.54) is 32.7 Å². The molecular weight excluding hydrogens is 799 g/mol. The number of allylic oxidation sites excluding steroid dienone is 4. The third kappa shape index (κ3) is 7.61. The van der Waals surface area contributed by atoms with Gasteiger partial charge in [0, 0.05) is 33.2 Å². The Labute approximate surface area is 384 Å². The first kappa shape index (κ1) is 40.1. The highest BCUT2D eigenvalue weighted by atomic mass is 16.3. The van der Waals surface area contributed by atoms with E-state index in [4.69, 9.17) is 4.42 Å². The fraction of sp³-hybridized carbons (Fsp3) is 0. The number of nitrogens with zero attached hydrogens (tertiary/aromatic N) is 1. The highest BCUT2D eigenvalue weighted by Crippen LogP contribution is 2.38. The largest absolute Gasteiger partial charge is 0.455 e. The summed E-state index contributed by atoms with van der Waals surface area (Å²) in [6, 6.07) is 73.8. The summed E-state index contributed by atoms with van der Waals surface area (Å²) in [5.74, 6) is 0. The Hall–Kier alpha value is -8.72. The number of rotatable bonds is 10. The molecular formula is C64H45NO. The molecule has 0 atom stereocenters. The molecule has 312 valence electrons. The summed E-state index contributed by atoms with van der Waals surface area (Å²) in [6.45, 7) is 8.09. The molecule has 0 aliphatic heterocycles. The van der Waals surface area contributed by atoms with Crippen LogP contribution in [0.4, 0.5) is 11.4 Å². The quantitative estimate of drug-likeness (QED) is 0.128. The van der Waals surface area contributed by atoms with E-state index in [2.05, 4.69) is 249 Å². The van der Waals surface area contributed by atoms with Crippen molar-refractivity contribution in [1.29, 1.82) is 0 Å². The zero-order valence-electron chi connectivity index (χ0n) is 36.4. The van der Waals surface area contributed by atoms with Crippen LogP contribution >= 0.6 is 0 Å². The van der Waals surface area contributed by atoms with Gasteiger partial charge in [-0.25, -0.2) is 0 Å². The van der Waals surface area contributed by atoms with Gasteiger partial charge in [0.25, 0.3) is 0 Å². The molecule has 0 radical (unpaired) electrons. The van der Waals surface area contributed by atoms with Gasteiger partial charge in [-0.15, -0.1) is 0 Å². The van der Waals surface area contributed by atoms with Gasteiger partial charge in [-0.05, 0) is 138 Å². The first-order valence-electron chi connectivity index (χ1n) is 22.4. The van der Waals surface area contributed by atoms with Crippen molar-refractivity contribution in [1.82, 2.24) is 0 Å². The van der Waals surface area contributed by atoms with Crippen molar-refractivity contribution in [3.63, 3.8) is 0 Å². The number of fused-ring (bicyclic) bond motifs is 7. The summed E-state index contributed by atoms with van der Waals surface area (Å²) < 4.78 is 6.50. The number of hydrogen-bond donors (Lipinski definition) is 0. The maximum absolute atomic E-state index is 6.50. The van der Waals surface area contributed by atoms with Gasteiger partial charge in [0.05, 0.1) is 0 Å². The average Bonchev–Trinajstić information content (AvgIpc) is 3.75. The average molecular weight is 844 g/mol. The second-order valence-electron chi connectivity index (χ2n) is 16.6. The molecule has 0 bridgehead atoms. The van der Waals surface area contributed by atoms with Gasteiger partial charge in [0.2, 0.25) is 0 Å². The van der Waals surface area contributed by atoms with Gasteiger partial charge in [-0.2, -0.15) is 0 Å². The first-order valence-corrected chi connectivity index (χ1v) is 22.4. The minimum atomic E-state index is 0.866. The van der Waals surface area contributed by atoms with Crippen LogP contribution in [0.1, 0.15) is 11.1 Å². The van der Waals surface area contributed by atoms with Gasteiger partial charge in [-0.3, -0.25) is 0 Å². The third-order valence-corrected chi connectivity index (χ3v) is 12.5. The number of hydrogen-bond acceptors (Lipinski definition) is 2. The summed E-state index contributed by atoms with van der Waals surface area (Å²) in [6.07, 6.45) is 14.4. The lowest BCUT2D eigenvalue weighted by Crippen LogP contribution is -2.25. The van der Waals surface area contributed by atoms with Gasteiger partial charge in [0.1, 0.15) is 11.2 Å². The second kappa shape index (κ2) is 17.4. The number of benzene rings is 10. The standard InChI is InChI=1S/C64H45NO/c1-3-5-21-55(41-45-28-39-63-62(42-45)61-38-33-49-17-8-11-24-60(49)64(61)66-63)65(53-34-26-44(27-35-53)40-52-30-29-48-16-7-10-23-58(48)56(52)14-4-2)54-36-31-46(32-37-54)50-19-12-20-51(43-50)59-25-13-18-47-15-6-9-22-57(47)59/h3-43H,1-2H2/b21-5-,52-40+,55-41-,56-14+. The molecule has 0 unspecified atom stereocenters. The van der Waals surface area contributed by atoms with Crippen molar-refractivity contribution in [2.75, 3.05) is 4.90 Å². The van der Waals surface area contributed by atoms with Crippen LogP contribution in [0.25, 0.3) is 94.7 Å². The van der Waals surface area contributed by atoms with Crippen molar-refractivity contribution < 1.29 is 4.42 Å². The predicted molar refractivity (Wildman–Crippen MR) is 283 cm³/mol. The Bertz CT molecular complexity index is 3840. The third-order valence-electron chi connectivity index (χ3n) is 12.5. The van der Waals surface area contributed by atoms with Crippen LogP contribution in [-0.4, -0.2) is 0 Å². The van der Waals surface area contributed by atoms with Crippen molar-refractivity contribution in [3.8, 4) is 22.3 Å². The Morgan fingerprint density at radius 1 is 0.455 bits per heavy atom. The fourth-order valence-corrected chi connectivity index (χ4v) is 9.37. The van der Waals surface area contributed by atoms with Crippen LogP contribution in [-0.2, 0) is 0 Å². The van der Waals surface area contributed by atoms with Crippen molar-refractivity contribution in [3.05, 3.63) is 271 Å². The second-order valence-corrected chi connectivity index (χ2v) is 16.6. The zero-order chi connectivity index (χ0) is 44.4. The Morgan fingerprint density at radius 2 is 1.09 bits per heavy atom. The smallest absolute Gasteiger partial charge is 0.143 e. The molecule has 11 rings (SSSR count). The van der Waals surface area contributed by atoms with Crippen molar-refractivity contribution in [2.45, 2.75) is 0 Å². The van der Waals surface area contributed by atoms with Gasteiger partial charge in [-0.1, -0.05) is 195 Å². The molecule has 0 aliphatic rings. The molecule has 0 saturated carbocycles. The monoisotopic (exact) mass is 843 g/mol. The van der Waals surface area contributed by atoms with E-state index in [9.17, 15) is 0 Å². The number of furan rings is 1. The molecule has 66 heavy (non-hydrogen) atoms. The Morgan fingerprint density at radius 3 is 1.86 bits per heavy atom. The van der Waals surface area contributed by atoms with Gasteiger partial charge >= 0.3 is 0 Å². The molecule has 0 saturated heterocycles. The van der Waals surface area contributed by atoms with E-state index in [0.29, 0.717) is 0 Å². The highest BCUT2D eigenvalue weighted by molar-refractivity contribution is 6.15. The summed E-state index contributed by atoms with van der Waals surface area (Å²) in [4.78, 5) is 2.32. The molecule has 0 spiro atoms. The van der Waals surface area contributed by atoms with Gasteiger partial charge in [0.15, 0.2) is 0 Å². The maximum atomic E-state index is 6.50. The Kier molecular flexibility index (Phi) is 10.6. The number of anilines is 2. The van der Waals surface area contributed by atoms with Crippen LogP contribution in [0.15, 0.2) is 254 Å². The first-order chi connectivity index (χ1) is 32.6. The van der Waals surface area contributed by atoms with Crippen molar-refractivity contribution >= 4 is 83.9 Å². The minimum Gasteiger partial charge on any atom is -0.455 e. The summed E-state index contributed by atoms with van der Waals surface area (Å²) in [5, 5.41) is 11.7. The fourth-order valence-electron chi connectivity index (χ4n) is 9.37. The van der Waals surface area contributed by atoms with Crippen LogP contribution in [0.5, 0.6) is 0 Å². The lowest BCUT2D eigenvalue weighted by atomic mass is 9.95. The van der Waals surface area contributed by atoms with E-state index in [-0.39, 0.29) is 0 Å². The molecule has 1 aromatic heterocycles. The lowest BCUT2D eigenvalue weighted by Gasteiger charge is -2.27. The SMILES string of the molecule is C=C/C=C\C(=C\c1ccc2oc3c4ccccc4ccc3c2c1)N(c1ccc(/C=c2\ccc3ccccc3\c2=C\C=C)cc1)c1ccc(-c2cccc(-c3cccc4ccccc34)c2)cc1. The Balaban J connectivity index is 1.02. The van der Waals surface area contributed by atoms with Crippen LogP contribution < -0.4 is 15.3 Å². The highest BCUT2D eigenvalue weighted by Gasteiger charge is 2.16. The van der Waals surface area contributed by atoms with Gasteiger partial charge < -0.3 is 9.32 Å². The molecule has 10 aromatic carbocycles. The van der Waals surface area contributed by atoms with E-state index in [0.717, 1.165) is 82.5 Å². The van der Waals surface area contributed by atoms with E-state index in [1.807, 2.05) is 18.2 Å². The molecule has 2 heteroatoms. The molecule has 2 nitrogen and oxygen atoms in total. The van der Waals surface area contributed by atoms with Crippen LogP contribution in [0, 0.1) is 0 Å². The predicted octanol–water partition coefficient (Wildman–Crippen LogP) is 16.1. The topological polar surface area (TPSA) is 16.4 Å². The van der Waals surface area contributed by atoms with Crippen LogP contribution in [0.3, 0.4) is 0 Å². The maximum Gasteiger partial charge on any atom is 0.143 e. The molecule has 1 heterocycles. The molecule has 0 amide bonds. The summed E-state index contributed by atoms with van der Waals surface area (Å²) >= 11 is 0. The molecule has 0 N–H and O–H groups in total. The molecule has 0 aliphatic carbocycles. The molecule has 0 fully saturated rings. The zero-order valence-corrected chi connectivity index (χ0v) is 36.4. The van der Waals surface area contributed by atoms with Crippen molar-refractivity contribution in [2.24, 2.45) is 0 Å². The minimum absolute atomic E-state index is 0.866. The van der Waals surface area contributed by atoms with E-state index in [1.54, 1.807) is 0 Å². The summed E-state index contributed by atoms with van der Waals surface area (Å²) in [7, 11) is 0. The molecule has 11 aromatic rings. The lowest BCUT2D eigenvalue weighted by molar-refractivity contribution is 0.672. The summed E-state index contributed by atoms with van der Waals surface area (Å²) in [5.41, 5.74) is 11.7.